The summed E-state index contributed by atoms with van der Waals surface area (Å²) in [6.45, 7) is 0. The molecule has 8 heteroatoms. The summed E-state index contributed by atoms with van der Waals surface area (Å²) in [5.41, 5.74) is 6.44. The Bertz CT molecular complexity index is 1930. The summed E-state index contributed by atoms with van der Waals surface area (Å²) in [6, 6.07) is 31.6. The highest BCUT2D eigenvalue weighted by Gasteiger charge is 2.18. The van der Waals surface area contributed by atoms with E-state index in [0.717, 1.165) is 27.8 Å². The fourth-order valence-corrected chi connectivity index (χ4v) is 4.68. The number of hydrogen-bond donors (Lipinski definition) is 0. The summed E-state index contributed by atoms with van der Waals surface area (Å²) in [7, 11) is 0. The summed E-state index contributed by atoms with van der Waals surface area (Å²) >= 11 is 12.3. The average molecular weight is 546 g/mol. The van der Waals surface area contributed by atoms with Gasteiger partial charge in [-0.1, -0.05) is 83.9 Å². The molecule has 0 aliphatic carbocycles. The van der Waals surface area contributed by atoms with Crippen molar-refractivity contribution in [2.24, 2.45) is 0 Å². The molecule has 6 aromatic rings. The van der Waals surface area contributed by atoms with Crippen LogP contribution in [0.5, 0.6) is 0 Å². The Morgan fingerprint density at radius 1 is 0.641 bits per heavy atom. The van der Waals surface area contributed by atoms with Crippen molar-refractivity contribution in [2.45, 2.75) is 0 Å². The van der Waals surface area contributed by atoms with Gasteiger partial charge >= 0.3 is 5.56 Å². The Morgan fingerprint density at radius 2 is 1.15 bits per heavy atom. The highest BCUT2D eigenvalue weighted by Crippen LogP contribution is 2.35. The highest BCUT2D eigenvalue weighted by atomic mass is 35.5. The van der Waals surface area contributed by atoms with Crippen LogP contribution in [0.4, 0.5) is 0 Å². The third-order valence-electron chi connectivity index (χ3n) is 6.43. The number of aromatic nitrogens is 4. The summed E-state index contributed by atoms with van der Waals surface area (Å²) in [4.78, 5) is 13.6. The molecule has 0 aliphatic heterocycles. The van der Waals surface area contributed by atoms with Crippen LogP contribution < -0.4 is 5.56 Å². The number of benzene rings is 4. The van der Waals surface area contributed by atoms with Crippen LogP contribution in [0.15, 0.2) is 108 Å². The van der Waals surface area contributed by atoms with E-state index in [1.807, 2.05) is 60.7 Å². The molecule has 0 N–H and O–H groups in total. The van der Waals surface area contributed by atoms with E-state index >= 15 is 0 Å². The molecule has 0 bridgehead atoms. The summed E-state index contributed by atoms with van der Waals surface area (Å²) in [6.07, 6.45) is 1.65. The number of rotatable bonds is 4. The van der Waals surface area contributed by atoms with E-state index in [1.165, 1.54) is 4.52 Å². The van der Waals surface area contributed by atoms with Crippen LogP contribution >= 0.6 is 23.2 Å². The van der Waals surface area contributed by atoms with Gasteiger partial charge < -0.3 is 0 Å². The zero-order valence-corrected chi connectivity index (χ0v) is 21.7. The zero-order valence-electron chi connectivity index (χ0n) is 20.2. The second-order valence-corrected chi connectivity index (χ2v) is 9.68. The molecule has 6 nitrogen and oxygen atoms in total. The maximum Gasteiger partial charge on any atom is 0.301 e. The first-order valence-electron chi connectivity index (χ1n) is 11.9. The van der Waals surface area contributed by atoms with E-state index in [2.05, 4.69) is 21.4 Å². The van der Waals surface area contributed by atoms with Gasteiger partial charge in [-0.2, -0.15) is 14.9 Å². The van der Waals surface area contributed by atoms with Crippen molar-refractivity contribution < 1.29 is 0 Å². The Kier molecular flexibility index (Phi) is 6.37. The molecule has 0 amide bonds. The number of halogens is 2. The largest absolute Gasteiger partial charge is 0.301 e. The lowest BCUT2D eigenvalue weighted by Crippen LogP contribution is -2.22. The molecule has 39 heavy (non-hydrogen) atoms. The number of hydrogen-bond acceptors (Lipinski definition) is 5. The molecule has 186 valence electrons. The van der Waals surface area contributed by atoms with E-state index in [1.54, 1.807) is 42.6 Å². The maximum atomic E-state index is 13.6. The Hall–Kier alpha value is -4.83. The fraction of sp³-hybridized carbons (Fsp3) is 0. The van der Waals surface area contributed by atoms with E-state index in [9.17, 15) is 4.79 Å². The predicted octanol–water partition coefficient (Wildman–Crippen LogP) is 7.33. The third-order valence-corrected chi connectivity index (χ3v) is 6.93. The quantitative estimate of drug-likeness (QED) is 0.231. The number of nitrogens with zero attached hydrogens (tertiary/aromatic N) is 5. The van der Waals surface area contributed by atoms with Gasteiger partial charge in [0.25, 0.3) is 0 Å². The molecule has 6 rings (SSSR count). The first-order valence-corrected chi connectivity index (χ1v) is 12.7. The Labute approximate surface area is 233 Å². The van der Waals surface area contributed by atoms with E-state index in [-0.39, 0.29) is 11.3 Å². The molecule has 0 radical (unpaired) electrons. The van der Waals surface area contributed by atoms with Gasteiger partial charge in [-0.05, 0) is 58.7 Å². The Balaban J connectivity index is 1.48. The van der Waals surface area contributed by atoms with Crippen LogP contribution in [-0.2, 0) is 0 Å². The van der Waals surface area contributed by atoms with Gasteiger partial charge in [-0.25, -0.2) is 0 Å². The van der Waals surface area contributed by atoms with E-state index < -0.39 is 0 Å². The van der Waals surface area contributed by atoms with Gasteiger partial charge in [0.2, 0.25) is 0 Å². The lowest BCUT2D eigenvalue weighted by Gasteiger charge is -2.13. The van der Waals surface area contributed by atoms with Crippen LogP contribution in [0.3, 0.4) is 0 Å². The molecule has 0 aliphatic rings. The van der Waals surface area contributed by atoms with Gasteiger partial charge in [-0.3, -0.25) is 4.79 Å². The smallest absolute Gasteiger partial charge is 0.265 e. The van der Waals surface area contributed by atoms with Crippen molar-refractivity contribution in [3.8, 4) is 50.7 Å². The van der Waals surface area contributed by atoms with Crippen LogP contribution in [0.25, 0.3) is 50.3 Å². The molecule has 0 unspecified atom stereocenters. The van der Waals surface area contributed by atoms with Gasteiger partial charge in [0, 0.05) is 26.7 Å². The van der Waals surface area contributed by atoms with Gasteiger partial charge in [0.15, 0.2) is 11.3 Å². The number of fused-ring (bicyclic) bond motifs is 1. The Morgan fingerprint density at radius 3 is 1.74 bits per heavy atom. The van der Waals surface area contributed by atoms with Crippen molar-refractivity contribution in [1.82, 2.24) is 19.8 Å². The van der Waals surface area contributed by atoms with Crippen molar-refractivity contribution in [3.05, 3.63) is 129 Å². The molecule has 0 spiro atoms. The fourth-order valence-electron chi connectivity index (χ4n) is 4.43. The minimum atomic E-state index is -0.385. The highest BCUT2D eigenvalue weighted by molar-refractivity contribution is 6.31. The zero-order chi connectivity index (χ0) is 26.9. The molecule has 0 atom stereocenters. The minimum absolute atomic E-state index is 0.188. The first-order chi connectivity index (χ1) is 19.0. The molecule has 4 aromatic carbocycles. The lowest BCUT2D eigenvalue weighted by molar-refractivity contribution is 0.832. The topological polar surface area (TPSA) is 83.9 Å². The molecule has 2 aromatic heterocycles. The van der Waals surface area contributed by atoms with Crippen LogP contribution in [-0.4, -0.2) is 19.8 Å². The monoisotopic (exact) mass is 545 g/mol. The standard InChI is InChI=1S/C31H17Cl2N5O/c32-25-13-9-22(10-14-25)27-18-35-38-30(28(27)23-11-15-26(33)16-12-23)37-36-29(31(38)39)24-7-5-21(6-8-24)20-3-1-19(17-34)2-4-20/h1-16,18H. The van der Waals surface area contributed by atoms with Crippen LogP contribution in [0.2, 0.25) is 10.0 Å². The predicted molar refractivity (Wildman–Crippen MR) is 154 cm³/mol. The molecule has 0 saturated carbocycles. The van der Waals surface area contributed by atoms with E-state index in [4.69, 9.17) is 28.5 Å². The normalized spacial score (nSPS) is 10.9. The van der Waals surface area contributed by atoms with Crippen molar-refractivity contribution in [3.63, 3.8) is 0 Å². The first kappa shape index (κ1) is 24.5. The summed E-state index contributed by atoms with van der Waals surface area (Å²) in [5.74, 6) is 0. The van der Waals surface area contributed by atoms with Crippen molar-refractivity contribution in [2.75, 3.05) is 0 Å². The molecule has 2 heterocycles. The molecular formula is C31H17Cl2N5O. The second kappa shape index (κ2) is 10.1. The van der Waals surface area contributed by atoms with Gasteiger partial charge in [0.05, 0.1) is 17.8 Å². The maximum absolute atomic E-state index is 13.6. The molecule has 0 fully saturated rings. The molecule has 0 saturated heterocycles. The summed E-state index contributed by atoms with van der Waals surface area (Å²) in [5, 5.41) is 23.5. The van der Waals surface area contributed by atoms with Gasteiger partial charge in [-0.15, -0.1) is 10.2 Å². The SMILES string of the molecule is N#Cc1ccc(-c2ccc(-c3nnc4c(-c5ccc(Cl)cc5)c(-c5ccc(Cl)cc5)cnn4c3=O)cc2)cc1. The van der Waals surface area contributed by atoms with Crippen LogP contribution in [0.1, 0.15) is 5.56 Å². The van der Waals surface area contributed by atoms with E-state index in [0.29, 0.717) is 32.4 Å². The third kappa shape index (κ3) is 4.66. The average Bonchev–Trinajstić information content (AvgIpc) is 2.98. The van der Waals surface area contributed by atoms with Crippen LogP contribution in [0, 0.1) is 11.3 Å². The summed E-state index contributed by atoms with van der Waals surface area (Å²) < 4.78 is 1.28. The second-order valence-electron chi connectivity index (χ2n) is 8.80. The molecular weight excluding hydrogens is 529 g/mol. The van der Waals surface area contributed by atoms with Crippen molar-refractivity contribution >= 4 is 28.8 Å². The van der Waals surface area contributed by atoms with Crippen molar-refractivity contribution in [1.29, 1.82) is 5.26 Å². The number of nitriles is 1. The lowest BCUT2D eigenvalue weighted by atomic mass is 9.97. The van der Waals surface area contributed by atoms with Gasteiger partial charge in [0.1, 0.15) is 0 Å². The minimum Gasteiger partial charge on any atom is -0.265 e.